The average Bonchev–Trinajstić information content (AvgIpc) is 2.82. The van der Waals surface area contributed by atoms with E-state index >= 15 is 0 Å². The third kappa shape index (κ3) is 5.06. The summed E-state index contributed by atoms with van der Waals surface area (Å²) in [6.45, 7) is 6.54. The van der Waals surface area contributed by atoms with Crippen LogP contribution in [0.25, 0.3) is 0 Å². The van der Waals surface area contributed by atoms with Crippen molar-refractivity contribution in [1.82, 2.24) is 0 Å². The molecule has 8 nitrogen and oxygen atoms in total. The zero-order valence-corrected chi connectivity index (χ0v) is 15.1. The smallest absolute Gasteiger partial charge is 0.333 e. The monoisotopic (exact) mass is 368 g/mol. The molecule has 3 atom stereocenters. The maximum atomic E-state index is 12.0. The third-order valence-corrected chi connectivity index (χ3v) is 4.51. The molecule has 0 aromatic heterocycles. The maximum absolute atomic E-state index is 12.0. The highest BCUT2D eigenvalue weighted by atomic mass is 16.6. The number of rotatable bonds is 8. The summed E-state index contributed by atoms with van der Waals surface area (Å²) in [5, 5.41) is 0. The van der Waals surface area contributed by atoms with Crippen LogP contribution in [0.1, 0.15) is 46.0 Å². The summed E-state index contributed by atoms with van der Waals surface area (Å²) in [7, 11) is 0. The van der Waals surface area contributed by atoms with E-state index in [1.54, 1.807) is 6.92 Å². The van der Waals surface area contributed by atoms with Crippen molar-refractivity contribution in [2.45, 2.75) is 57.7 Å². The molecule has 144 valence electrons. The van der Waals surface area contributed by atoms with Gasteiger partial charge in [0, 0.05) is 12.0 Å². The molecule has 2 aliphatic rings. The normalized spacial score (nSPS) is 26.6. The van der Waals surface area contributed by atoms with Crippen molar-refractivity contribution in [3.63, 3.8) is 0 Å². The predicted molar refractivity (Wildman–Crippen MR) is 87.7 cm³/mol. The van der Waals surface area contributed by atoms with E-state index in [2.05, 4.69) is 6.58 Å². The Morgan fingerprint density at radius 3 is 2.50 bits per heavy atom. The van der Waals surface area contributed by atoms with Crippen molar-refractivity contribution >= 4 is 23.9 Å². The number of carbonyl (C=O) groups is 4. The minimum Gasteiger partial charge on any atom is -0.462 e. The van der Waals surface area contributed by atoms with Crippen molar-refractivity contribution in [2.75, 3.05) is 13.2 Å². The molecule has 1 saturated carbocycles. The van der Waals surface area contributed by atoms with E-state index in [4.69, 9.17) is 18.9 Å². The predicted octanol–water partition coefficient (Wildman–Crippen LogP) is 1.46. The van der Waals surface area contributed by atoms with Gasteiger partial charge in [0.15, 0.2) is 0 Å². The molecular formula is C18H24O8. The minimum absolute atomic E-state index is 0.0746. The van der Waals surface area contributed by atoms with E-state index in [9.17, 15) is 19.2 Å². The number of esters is 4. The lowest BCUT2D eigenvalue weighted by atomic mass is 9.80. The molecule has 0 spiro atoms. The number of fused-ring (bicyclic) bond motifs is 2. The van der Waals surface area contributed by atoms with Crippen molar-refractivity contribution < 1.29 is 38.1 Å². The first-order chi connectivity index (χ1) is 12.2. The summed E-state index contributed by atoms with van der Waals surface area (Å²) in [5.41, 5.74) is -0.515. The van der Waals surface area contributed by atoms with Gasteiger partial charge in [-0.3, -0.25) is 14.4 Å². The van der Waals surface area contributed by atoms with E-state index in [-0.39, 0.29) is 43.5 Å². The largest absolute Gasteiger partial charge is 0.462 e. The average molecular weight is 368 g/mol. The molecule has 0 amide bonds. The fourth-order valence-electron chi connectivity index (χ4n) is 3.09. The van der Waals surface area contributed by atoms with Gasteiger partial charge in [-0.2, -0.15) is 0 Å². The van der Waals surface area contributed by atoms with Gasteiger partial charge >= 0.3 is 23.9 Å². The van der Waals surface area contributed by atoms with Crippen LogP contribution in [-0.2, 0) is 38.1 Å². The molecule has 2 bridgehead atoms. The van der Waals surface area contributed by atoms with Crippen LogP contribution in [0.2, 0.25) is 0 Å². The lowest BCUT2D eigenvalue weighted by Crippen LogP contribution is -2.44. The van der Waals surface area contributed by atoms with Crippen LogP contribution >= 0.6 is 0 Å². The highest BCUT2D eigenvalue weighted by molar-refractivity contribution is 5.86. The van der Waals surface area contributed by atoms with Crippen LogP contribution in [0.4, 0.5) is 0 Å². The van der Waals surface area contributed by atoms with E-state index in [0.717, 1.165) is 0 Å². The van der Waals surface area contributed by atoms with E-state index in [1.165, 1.54) is 6.92 Å². The van der Waals surface area contributed by atoms with Gasteiger partial charge in [0.05, 0.1) is 18.8 Å². The molecule has 1 aliphatic heterocycles. The first-order valence-corrected chi connectivity index (χ1v) is 8.62. The summed E-state index contributed by atoms with van der Waals surface area (Å²) in [6.07, 6.45) is 0.992. The number of carbonyl (C=O) groups excluding carboxylic acids is 4. The highest BCUT2D eigenvalue weighted by Gasteiger charge is 2.53. The Bertz CT molecular complexity index is 610. The Hall–Kier alpha value is -2.38. The molecule has 8 heteroatoms. The van der Waals surface area contributed by atoms with Gasteiger partial charge in [-0.05, 0) is 26.7 Å². The van der Waals surface area contributed by atoms with Crippen LogP contribution in [0, 0.1) is 5.92 Å². The Labute approximate surface area is 151 Å². The number of hydrogen-bond donors (Lipinski definition) is 0. The van der Waals surface area contributed by atoms with Gasteiger partial charge in [0.1, 0.15) is 24.9 Å². The maximum Gasteiger partial charge on any atom is 0.333 e. The SMILES string of the molecule is C=C(C)C(=O)OCCOC(=O)CCC(=O)OC1CCC2CC1(C)OC2=O. The van der Waals surface area contributed by atoms with Gasteiger partial charge in [-0.1, -0.05) is 6.58 Å². The van der Waals surface area contributed by atoms with Crippen LogP contribution < -0.4 is 0 Å². The molecule has 3 unspecified atom stereocenters. The molecule has 2 rings (SSSR count). The fourth-order valence-corrected chi connectivity index (χ4v) is 3.09. The van der Waals surface area contributed by atoms with Crippen molar-refractivity contribution in [2.24, 2.45) is 5.92 Å². The molecule has 1 heterocycles. The lowest BCUT2D eigenvalue weighted by Gasteiger charge is -2.34. The van der Waals surface area contributed by atoms with Gasteiger partial charge in [-0.15, -0.1) is 0 Å². The number of ether oxygens (including phenoxy) is 4. The minimum atomic E-state index is -0.774. The Morgan fingerprint density at radius 1 is 1.15 bits per heavy atom. The Balaban J connectivity index is 1.64. The zero-order valence-electron chi connectivity index (χ0n) is 15.1. The molecule has 0 N–H and O–H groups in total. The summed E-state index contributed by atoms with van der Waals surface area (Å²) < 4.78 is 20.4. The van der Waals surface area contributed by atoms with Gasteiger partial charge < -0.3 is 18.9 Å². The van der Waals surface area contributed by atoms with Crippen LogP contribution in [0.5, 0.6) is 0 Å². The second-order valence-corrected chi connectivity index (χ2v) is 6.83. The molecule has 0 aromatic carbocycles. The van der Waals surface area contributed by atoms with Crippen molar-refractivity contribution in [3.8, 4) is 0 Å². The highest BCUT2D eigenvalue weighted by Crippen LogP contribution is 2.43. The molecule has 2 fully saturated rings. The Kier molecular flexibility index (Phi) is 6.39. The van der Waals surface area contributed by atoms with Gasteiger partial charge in [0.25, 0.3) is 0 Å². The molecule has 26 heavy (non-hydrogen) atoms. The molecule has 1 saturated heterocycles. The van der Waals surface area contributed by atoms with Crippen molar-refractivity contribution in [3.05, 3.63) is 12.2 Å². The summed E-state index contributed by atoms with van der Waals surface area (Å²) in [5.74, 6) is -2.02. The Morgan fingerprint density at radius 2 is 1.81 bits per heavy atom. The quantitative estimate of drug-likeness (QED) is 0.274. The van der Waals surface area contributed by atoms with E-state index < -0.39 is 29.6 Å². The fraction of sp³-hybridized carbons (Fsp3) is 0.667. The van der Waals surface area contributed by atoms with Crippen LogP contribution in [0.15, 0.2) is 12.2 Å². The second-order valence-electron chi connectivity index (χ2n) is 6.83. The first kappa shape index (κ1) is 19.9. The van der Waals surface area contributed by atoms with E-state index in [1.807, 2.05) is 0 Å². The molecule has 0 aromatic rings. The zero-order chi connectivity index (χ0) is 19.3. The molecular weight excluding hydrogens is 344 g/mol. The first-order valence-electron chi connectivity index (χ1n) is 8.62. The van der Waals surface area contributed by atoms with Gasteiger partial charge in [-0.25, -0.2) is 4.79 Å². The number of hydrogen-bond acceptors (Lipinski definition) is 8. The van der Waals surface area contributed by atoms with E-state index in [0.29, 0.717) is 19.3 Å². The lowest BCUT2D eigenvalue weighted by molar-refractivity contribution is -0.173. The molecule has 0 radical (unpaired) electrons. The van der Waals surface area contributed by atoms with Crippen LogP contribution in [-0.4, -0.2) is 48.8 Å². The standard InChI is InChI=1S/C18H24O8/c1-11(2)16(21)24-9-8-23-14(19)6-7-15(20)25-13-5-4-12-10-18(13,3)26-17(12)22/h12-13H,1,4-10H2,2-3H3. The molecule has 1 aliphatic carbocycles. The van der Waals surface area contributed by atoms with Crippen LogP contribution in [0.3, 0.4) is 0 Å². The summed E-state index contributed by atoms with van der Waals surface area (Å²) in [4.78, 5) is 46.3. The summed E-state index contributed by atoms with van der Waals surface area (Å²) in [6, 6.07) is 0. The van der Waals surface area contributed by atoms with Crippen molar-refractivity contribution in [1.29, 1.82) is 0 Å². The van der Waals surface area contributed by atoms with Gasteiger partial charge in [0.2, 0.25) is 0 Å². The third-order valence-electron chi connectivity index (χ3n) is 4.51. The topological polar surface area (TPSA) is 105 Å². The summed E-state index contributed by atoms with van der Waals surface area (Å²) >= 11 is 0. The second kappa shape index (κ2) is 8.33.